The van der Waals surface area contributed by atoms with Crippen molar-refractivity contribution in [3.05, 3.63) is 0 Å². The zero-order valence-corrected chi connectivity index (χ0v) is 4.05. The number of hydrogen-bond acceptors (Lipinski definition) is 2. The quantitative estimate of drug-likeness (QED) is 0.322. The minimum absolute atomic E-state index is 0. The molecule has 0 heterocycles. The molecule has 5 heavy (non-hydrogen) atoms. The molecule has 2 N–H and O–H groups in total. The third-order valence-corrected chi connectivity index (χ3v) is 0. The summed E-state index contributed by atoms with van der Waals surface area (Å²) in [6, 6.07) is 0. The molecular formula is CH2CoNOS-. The summed E-state index contributed by atoms with van der Waals surface area (Å²) in [6.45, 7) is 0. The zero-order valence-electron chi connectivity index (χ0n) is 2.19. The Bertz CT molecular complexity index is 33.1. The Balaban J connectivity index is -0.0000000200. The van der Waals surface area contributed by atoms with Crippen molar-refractivity contribution < 1.29 is 22.3 Å². The average Bonchev–Trinajstić information content (AvgIpc) is 0.918. The van der Waals surface area contributed by atoms with E-state index in [1.807, 2.05) is 0 Å². The van der Waals surface area contributed by atoms with Crippen LogP contribution in [0.3, 0.4) is 0 Å². The fourth-order valence-electron chi connectivity index (χ4n) is 0. The molecule has 2 nitrogen and oxygen atoms in total. The van der Waals surface area contributed by atoms with Crippen LogP contribution in [-0.2, 0) is 29.4 Å². The van der Waals surface area contributed by atoms with E-state index in [0.29, 0.717) is 0 Å². The summed E-state index contributed by atoms with van der Waals surface area (Å²) in [7, 11) is 0. The van der Waals surface area contributed by atoms with Crippen LogP contribution in [-0.4, -0.2) is 5.48 Å². The van der Waals surface area contributed by atoms with E-state index < -0.39 is 0 Å². The molecule has 0 bridgehead atoms. The number of nitrogens with zero attached hydrogens (tertiary/aromatic N) is 1. The molecule has 0 amide bonds. The Labute approximate surface area is 46.1 Å². The molecule has 0 aliphatic rings. The van der Waals surface area contributed by atoms with Gasteiger partial charge in [-0.1, -0.05) is 5.40 Å². The molecule has 33 valence electrons. The average molecular weight is 135 g/mol. The van der Waals surface area contributed by atoms with Crippen molar-refractivity contribution in [1.82, 2.24) is 0 Å². The Morgan fingerprint density at radius 2 is 1.60 bits per heavy atom. The van der Waals surface area contributed by atoms with Crippen molar-refractivity contribution in [2.75, 3.05) is 0 Å². The Hall–Kier alpha value is 0.176. The fourth-order valence-corrected chi connectivity index (χ4v) is 0. The molecule has 0 aromatic carbocycles. The molecule has 0 saturated carbocycles. The summed E-state index contributed by atoms with van der Waals surface area (Å²) in [4.78, 5) is 0. The smallest absolute Gasteiger partial charge is 0 e. The normalized spacial score (nSPS) is 1.40. The SMILES string of the molecule is N#C[S-].O.[Co]. The maximum atomic E-state index is 7.13. The van der Waals surface area contributed by atoms with Gasteiger partial charge in [0.25, 0.3) is 0 Å². The van der Waals surface area contributed by atoms with E-state index in [4.69, 9.17) is 5.26 Å². The van der Waals surface area contributed by atoms with Crippen molar-refractivity contribution in [1.29, 1.82) is 5.26 Å². The van der Waals surface area contributed by atoms with E-state index >= 15 is 0 Å². The van der Waals surface area contributed by atoms with Crippen LogP contribution in [0.1, 0.15) is 0 Å². The summed E-state index contributed by atoms with van der Waals surface area (Å²) in [5, 5.41) is 8.47. The Kier molecular flexibility index (Phi) is 116. The van der Waals surface area contributed by atoms with Gasteiger partial charge in [0.15, 0.2) is 0 Å². The third-order valence-electron chi connectivity index (χ3n) is 0. The van der Waals surface area contributed by atoms with Gasteiger partial charge in [-0.05, 0) is 0 Å². The van der Waals surface area contributed by atoms with Gasteiger partial charge < -0.3 is 18.1 Å². The summed E-state index contributed by atoms with van der Waals surface area (Å²) in [5.74, 6) is 0. The topological polar surface area (TPSA) is 55.3 Å². The van der Waals surface area contributed by atoms with Gasteiger partial charge in [-0.2, -0.15) is 0 Å². The van der Waals surface area contributed by atoms with E-state index in [1.165, 1.54) is 5.40 Å². The first kappa shape index (κ1) is 19.1. The summed E-state index contributed by atoms with van der Waals surface area (Å²) >= 11 is 3.70. The second-order valence-corrected chi connectivity index (χ2v) is 0.274. The molecule has 1 radical (unpaired) electrons. The van der Waals surface area contributed by atoms with Crippen LogP contribution < -0.4 is 0 Å². The van der Waals surface area contributed by atoms with Gasteiger partial charge in [-0.25, -0.2) is 5.26 Å². The van der Waals surface area contributed by atoms with Gasteiger partial charge >= 0.3 is 0 Å². The van der Waals surface area contributed by atoms with Gasteiger partial charge in [0.2, 0.25) is 0 Å². The maximum Gasteiger partial charge on any atom is 0 e. The van der Waals surface area contributed by atoms with Crippen molar-refractivity contribution in [3.8, 4) is 5.40 Å². The number of thiocyanates is 1. The number of hydrogen-bond donors (Lipinski definition) is 0. The van der Waals surface area contributed by atoms with Crippen LogP contribution in [0.2, 0.25) is 0 Å². The molecule has 0 saturated heterocycles. The van der Waals surface area contributed by atoms with E-state index in [1.54, 1.807) is 0 Å². The van der Waals surface area contributed by atoms with E-state index in [0.717, 1.165) is 0 Å². The van der Waals surface area contributed by atoms with Crippen LogP contribution in [0.4, 0.5) is 0 Å². The molecule has 0 aliphatic heterocycles. The fraction of sp³-hybridized carbons (Fsp3) is 0. The van der Waals surface area contributed by atoms with Crippen LogP contribution in [0.25, 0.3) is 0 Å². The van der Waals surface area contributed by atoms with Gasteiger partial charge in [0, 0.05) is 16.8 Å². The molecule has 0 aliphatic carbocycles. The predicted octanol–water partition coefficient (Wildman–Crippen LogP) is -0.813. The monoisotopic (exact) mass is 135 g/mol. The minimum atomic E-state index is 0. The molecule has 0 fully saturated rings. The van der Waals surface area contributed by atoms with Crippen LogP contribution >= 0.6 is 0 Å². The summed E-state index contributed by atoms with van der Waals surface area (Å²) < 4.78 is 0. The maximum absolute atomic E-state index is 7.13. The van der Waals surface area contributed by atoms with Crippen LogP contribution in [0.5, 0.6) is 0 Å². The van der Waals surface area contributed by atoms with Crippen molar-refractivity contribution in [2.24, 2.45) is 0 Å². The molecule has 0 spiro atoms. The molecule has 4 heteroatoms. The molecular weight excluding hydrogens is 133 g/mol. The standard InChI is InChI=1S/CHNS.Co.H2O/c2-1-3;;/h3H;;1H2/p-1. The van der Waals surface area contributed by atoms with Gasteiger partial charge in [0.1, 0.15) is 0 Å². The molecule has 0 unspecified atom stereocenters. The second kappa shape index (κ2) is 30.4. The zero-order chi connectivity index (χ0) is 2.71. The first-order chi connectivity index (χ1) is 1.41. The van der Waals surface area contributed by atoms with E-state index in [9.17, 15) is 0 Å². The van der Waals surface area contributed by atoms with Crippen molar-refractivity contribution in [2.45, 2.75) is 0 Å². The third kappa shape index (κ3) is 635. The number of nitriles is 1. The van der Waals surface area contributed by atoms with Crippen molar-refractivity contribution >= 4 is 12.6 Å². The molecule has 0 atom stereocenters. The van der Waals surface area contributed by atoms with E-state index in [-0.39, 0.29) is 22.3 Å². The van der Waals surface area contributed by atoms with Gasteiger partial charge in [0.05, 0.1) is 0 Å². The molecule has 0 rings (SSSR count). The number of rotatable bonds is 0. The predicted molar refractivity (Wildman–Crippen MR) is 16.6 cm³/mol. The first-order valence-electron chi connectivity index (χ1n) is 0.428. The second-order valence-electron chi connectivity index (χ2n) is 0.0913. The Morgan fingerprint density at radius 1 is 1.60 bits per heavy atom. The molecule has 0 aromatic heterocycles. The van der Waals surface area contributed by atoms with Gasteiger partial charge in [-0.15, -0.1) is 0 Å². The summed E-state index contributed by atoms with van der Waals surface area (Å²) in [5.41, 5.74) is 0. The molecule has 0 aromatic rings. The first-order valence-corrected chi connectivity index (χ1v) is 0.836. The largest absolute Gasteiger partial charge is 0.696 e. The minimum Gasteiger partial charge on any atom is -0.696 e. The Morgan fingerprint density at radius 3 is 1.60 bits per heavy atom. The van der Waals surface area contributed by atoms with E-state index in [2.05, 4.69) is 12.6 Å². The van der Waals surface area contributed by atoms with Crippen LogP contribution in [0.15, 0.2) is 0 Å². The van der Waals surface area contributed by atoms with Crippen LogP contribution in [0, 0.1) is 10.7 Å². The van der Waals surface area contributed by atoms with Gasteiger partial charge in [-0.3, -0.25) is 0 Å². The van der Waals surface area contributed by atoms with Crippen molar-refractivity contribution in [3.63, 3.8) is 0 Å². The summed E-state index contributed by atoms with van der Waals surface area (Å²) in [6.07, 6.45) is 0.